The third-order valence-electron chi connectivity index (χ3n) is 6.28. The van der Waals surface area contributed by atoms with Gasteiger partial charge in [-0.1, -0.05) is 48.9 Å². The molecular formula is C26H29N3O3. The molecule has 6 heteroatoms. The quantitative estimate of drug-likeness (QED) is 0.587. The van der Waals surface area contributed by atoms with Gasteiger partial charge in [0.25, 0.3) is 5.91 Å². The van der Waals surface area contributed by atoms with E-state index in [4.69, 9.17) is 14.5 Å². The van der Waals surface area contributed by atoms with Gasteiger partial charge in [0.1, 0.15) is 24.7 Å². The molecule has 6 nitrogen and oxygen atoms in total. The Labute approximate surface area is 188 Å². The first-order valence-electron chi connectivity index (χ1n) is 11.6. The lowest BCUT2D eigenvalue weighted by atomic mass is 10.1. The lowest BCUT2D eigenvalue weighted by Crippen LogP contribution is -2.32. The Hall–Kier alpha value is -3.28. The van der Waals surface area contributed by atoms with Crippen molar-refractivity contribution >= 4 is 5.91 Å². The Bertz CT molecular complexity index is 1110. The number of rotatable bonds is 5. The first-order chi connectivity index (χ1) is 15.8. The summed E-state index contributed by atoms with van der Waals surface area (Å²) < 4.78 is 13.9. The van der Waals surface area contributed by atoms with Crippen molar-refractivity contribution in [1.29, 1.82) is 0 Å². The first-order valence-corrected chi connectivity index (χ1v) is 11.6. The highest BCUT2D eigenvalue weighted by atomic mass is 16.6. The summed E-state index contributed by atoms with van der Waals surface area (Å²) in [6, 6.07) is 16.1. The monoisotopic (exact) mass is 431 g/mol. The molecule has 2 aliphatic rings. The molecule has 1 amide bonds. The molecular weight excluding hydrogens is 402 g/mol. The highest BCUT2D eigenvalue weighted by Gasteiger charge is 2.28. The lowest BCUT2D eigenvalue weighted by molar-refractivity contribution is 0.0742. The molecule has 0 radical (unpaired) electrons. The minimum absolute atomic E-state index is 0.0188. The van der Waals surface area contributed by atoms with E-state index in [9.17, 15) is 4.79 Å². The van der Waals surface area contributed by atoms with Gasteiger partial charge in [0, 0.05) is 30.8 Å². The van der Waals surface area contributed by atoms with Crippen LogP contribution in [0.2, 0.25) is 0 Å². The summed E-state index contributed by atoms with van der Waals surface area (Å²) in [7, 11) is 0. The van der Waals surface area contributed by atoms with Crippen LogP contribution in [0.1, 0.15) is 47.9 Å². The lowest BCUT2D eigenvalue weighted by Gasteiger charge is -2.25. The smallest absolute Gasteiger partial charge is 0.274 e. The van der Waals surface area contributed by atoms with E-state index in [2.05, 4.69) is 16.7 Å². The van der Waals surface area contributed by atoms with Crippen molar-refractivity contribution in [3.63, 3.8) is 0 Å². The standard InChI is InChI=1S/C26H29N3O3/c1-2-28(18-20-12-9-14-22-24(20)32-17-16-31-22)26(30)23-21-13-7-4-8-15-29(21)25(27-23)19-10-5-3-6-11-19/h3,5-6,9-12,14H,2,4,7-8,13,15-18H2,1H3. The number of carbonyl (C=O) groups excluding carboxylic acids is 1. The fraction of sp³-hybridized carbons (Fsp3) is 0.385. The van der Waals surface area contributed by atoms with Crippen molar-refractivity contribution in [3.8, 4) is 22.9 Å². The van der Waals surface area contributed by atoms with Crippen LogP contribution < -0.4 is 9.47 Å². The Balaban J connectivity index is 1.50. The van der Waals surface area contributed by atoms with Crippen LogP contribution >= 0.6 is 0 Å². The Morgan fingerprint density at radius 2 is 1.88 bits per heavy atom. The van der Waals surface area contributed by atoms with Crippen molar-refractivity contribution in [2.24, 2.45) is 0 Å². The molecule has 32 heavy (non-hydrogen) atoms. The molecule has 166 valence electrons. The molecule has 3 heterocycles. The summed E-state index contributed by atoms with van der Waals surface area (Å²) in [6.45, 7) is 5.06. The minimum Gasteiger partial charge on any atom is -0.486 e. The van der Waals surface area contributed by atoms with Gasteiger partial charge in [-0.3, -0.25) is 4.79 Å². The van der Waals surface area contributed by atoms with Crippen LogP contribution in [0.25, 0.3) is 11.4 Å². The van der Waals surface area contributed by atoms with Gasteiger partial charge in [0.15, 0.2) is 11.5 Å². The van der Waals surface area contributed by atoms with E-state index in [1.54, 1.807) is 0 Å². The second-order valence-electron chi connectivity index (χ2n) is 8.32. The van der Waals surface area contributed by atoms with Crippen molar-refractivity contribution in [2.75, 3.05) is 19.8 Å². The third-order valence-corrected chi connectivity index (χ3v) is 6.28. The maximum absolute atomic E-state index is 13.8. The maximum atomic E-state index is 13.8. The summed E-state index contributed by atoms with van der Waals surface area (Å²) in [4.78, 5) is 20.5. The summed E-state index contributed by atoms with van der Waals surface area (Å²) >= 11 is 0. The zero-order valence-electron chi connectivity index (χ0n) is 18.5. The molecule has 0 saturated heterocycles. The topological polar surface area (TPSA) is 56.6 Å². The zero-order valence-corrected chi connectivity index (χ0v) is 18.5. The van der Waals surface area contributed by atoms with Crippen LogP contribution in [-0.4, -0.2) is 40.1 Å². The largest absolute Gasteiger partial charge is 0.486 e. The molecule has 2 aliphatic heterocycles. The average Bonchev–Trinajstić information content (AvgIpc) is 3.03. The first kappa shape index (κ1) is 20.6. The number of hydrogen-bond donors (Lipinski definition) is 0. The molecule has 0 unspecified atom stereocenters. The summed E-state index contributed by atoms with van der Waals surface area (Å²) in [5.41, 5.74) is 3.68. The molecule has 0 spiro atoms. The summed E-state index contributed by atoms with van der Waals surface area (Å²) in [5.74, 6) is 2.38. The predicted octanol–water partition coefficient (Wildman–Crippen LogP) is 4.71. The third kappa shape index (κ3) is 3.85. The van der Waals surface area contributed by atoms with Crippen LogP contribution in [0.5, 0.6) is 11.5 Å². The minimum atomic E-state index is -0.0188. The number of amides is 1. The fourth-order valence-electron chi connectivity index (χ4n) is 4.64. The summed E-state index contributed by atoms with van der Waals surface area (Å²) in [6.07, 6.45) is 4.26. The van der Waals surface area contributed by atoms with Gasteiger partial charge in [-0.15, -0.1) is 0 Å². The average molecular weight is 432 g/mol. The second-order valence-corrected chi connectivity index (χ2v) is 8.32. The van der Waals surface area contributed by atoms with E-state index in [1.807, 2.05) is 48.2 Å². The SMILES string of the molecule is CCN(Cc1cccc2c1OCCO2)C(=O)c1nc(-c2ccccc2)n2c1CCCCC2. The van der Waals surface area contributed by atoms with Gasteiger partial charge in [-0.2, -0.15) is 0 Å². The number of para-hydroxylation sites is 1. The highest BCUT2D eigenvalue weighted by molar-refractivity contribution is 5.94. The number of carbonyl (C=O) groups is 1. The van der Waals surface area contributed by atoms with Gasteiger partial charge in [-0.25, -0.2) is 4.98 Å². The van der Waals surface area contributed by atoms with E-state index >= 15 is 0 Å². The van der Waals surface area contributed by atoms with Crippen molar-refractivity contribution in [3.05, 3.63) is 65.5 Å². The highest BCUT2D eigenvalue weighted by Crippen LogP contribution is 2.35. The van der Waals surface area contributed by atoms with Gasteiger partial charge >= 0.3 is 0 Å². The number of benzene rings is 2. The van der Waals surface area contributed by atoms with E-state index in [0.717, 1.165) is 60.0 Å². The Morgan fingerprint density at radius 3 is 2.72 bits per heavy atom. The van der Waals surface area contributed by atoms with Gasteiger partial charge in [0.2, 0.25) is 0 Å². The maximum Gasteiger partial charge on any atom is 0.274 e. The number of aromatic nitrogens is 2. The molecule has 5 rings (SSSR count). The van der Waals surface area contributed by atoms with E-state index in [1.165, 1.54) is 6.42 Å². The van der Waals surface area contributed by atoms with Crippen molar-refractivity contribution in [1.82, 2.24) is 14.5 Å². The molecule has 0 aliphatic carbocycles. The van der Waals surface area contributed by atoms with Crippen LogP contribution in [0.15, 0.2) is 48.5 Å². The predicted molar refractivity (Wildman–Crippen MR) is 123 cm³/mol. The van der Waals surface area contributed by atoms with Crippen molar-refractivity contribution in [2.45, 2.75) is 45.7 Å². The molecule has 2 aromatic carbocycles. The summed E-state index contributed by atoms with van der Waals surface area (Å²) in [5, 5.41) is 0. The van der Waals surface area contributed by atoms with E-state index in [0.29, 0.717) is 32.0 Å². The van der Waals surface area contributed by atoms with Gasteiger partial charge in [0.05, 0.1) is 5.69 Å². The molecule has 0 fully saturated rings. The number of nitrogens with zero attached hydrogens (tertiary/aromatic N) is 3. The number of imidazole rings is 1. The number of fused-ring (bicyclic) bond motifs is 2. The zero-order chi connectivity index (χ0) is 21.9. The van der Waals surface area contributed by atoms with Crippen LogP contribution in [-0.2, 0) is 19.5 Å². The molecule has 0 bridgehead atoms. The number of ether oxygens (including phenoxy) is 2. The normalized spacial score (nSPS) is 15.0. The van der Waals surface area contributed by atoms with Crippen LogP contribution in [0.4, 0.5) is 0 Å². The van der Waals surface area contributed by atoms with Crippen LogP contribution in [0, 0.1) is 0 Å². The Morgan fingerprint density at radius 1 is 1.03 bits per heavy atom. The van der Waals surface area contributed by atoms with E-state index < -0.39 is 0 Å². The molecule has 1 aromatic heterocycles. The Kier molecular flexibility index (Phi) is 5.84. The fourth-order valence-corrected chi connectivity index (χ4v) is 4.64. The van der Waals surface area contributed by atoms with Crippen molar-refractivity contribution < 1.29 is 14.3 Å². The molecule has 0 N–H and O–H groups in total. The second kappa shape index (κ2) is 9.07. The van der Waals surface area contributed by atoms with Gasteiger partial charge in [-0.05, 0) is 32.3 Å². The number of hydrogen-bond acceptors (Lipinski definition) is 4. The molecule has 0 atom stereocenters. The molecule has 0 saturated carbocycles. The molecule has 3 aromatic rings. The van der Waals surface area contributed by atoms with E-state index in [-0.39, 0.29) is 5.91 Å². The van der Waals surface area contributed by atoms with Crippen LogP contribution in [0.3, 0.4) is 0 Å². The van der Waals surface area contributed by atoms with Gasteiger partial charge < -0.3 is 18.9 Å².